The minimum Gasteiger partial charge on any atom is -0.344 e. The Morgan fingerprint density at radius 1 is 1.42 bits per heavy atom. The van der Waals surface area contributed by atoms with Gasteiger partial charge < -0.3 is 4.90 Å². The molecule has 1 aromatic rings. The number of likely N-dealkylation sites (N-methyl/N-ethyl adjacent to an activating group) is 1. The zero-order chi connectivity index (χ0) is 13.6. The van der Waals surface area contributed by atoms with Crippen molar-refractivity contribution in [3.8, 4) is 0 Å². The van der Waals surface area contributed by atoms with Crippen LogP contribution >= 0.6 is 15.9 Å². The molecular formula is C14H14BrFN2O. The van der Waals surface area contributed by atoms with E-state index in [9.17, 15) is 9.18 Å². The van der Waals surface area contributed by atoms with Crippen molar-refractivity contribution in [2.24, 2.45) is 4.99 Å². The van der Waals surface area contributed by atoms with Gasteiger partial charge in [-0.25, -0.2) is 4.39 Å². The Hall–Kier alpha value is -1.23. The van der Waals surface area contributed by atoms with Gasteiger partial charge in [-0.3, -0.25) is 9.79 Å². The van der Waals surface area contributed by atoms with E-state index in [1.165, 1.54) is 0 Å². The average molecular weight is 325 g/mol. The monoisotopic (exact) mass is 324 g/mol. The molecule has 0 saturated carbocycles. The first-order valence-electron chi connectivity index (χ1n) is 6.32. The van der Waals surface area contributed by atoms with Gasteiger partial charge in [-0.1, -0.05) is 12.1 Å². The molecule has 1 aromatic carbocycles. The quantitative estimate of drug-likeness (QED) is 0.781. The first-order chi connectivity index (χ1) is 9.03. The number of carbonyl (C=O) groups excluding carboxylic acids is 1. The van der Waals surface area contributed by atoms with E-state index in [0.29, 0.717) is 28.6 Å². The number of hydrogen-bond acceptors (Lipinski definition) is 2. The maximum Gasteiger partial charge on any atom is 0.250 e. The van der Waals surface area contributed by atoms with Crippen LogP contribution in [-0.4, -0.2) is 35.7 Å². The summed E-state index contributed by atoms with van der Waals surface area (Å²) in [4.78, 5) is 18.5. The Labute approximate surface area is 119 Å². The van der Waals surface area contributed by atoms with Gasteiger partial charge in [-0.05, 0) is 41.3 Å². The Bertz CT molecular complexity index is 587. The summed E-state index contributed by atoms with van der Waals surface area (Å²) >= 11 is 3.18. The summed E-state index contributed by atoms with van der Waals surface area (Å²) in [7, 11) is 1.80. The number of hydrogen-bond donors (Lipinski definition) is 0. The molecule has 19 heavy (non-hydrogen) atoms. The first kappa shape index (κ1) is 12.8. The van der Waals surface area contributed by atoms with Gasteiger partial charge in [-0.2, -0.15) is 0 Å². The molecule has 2 aliphatic rings. The molecule has 0 radical (unpaired) electrons. The third-order valence-electron chi connectivity index (χ3n) is 3.99. The van der Waals surface area contributed by atoms with Crippen molar-refractivity contribution in [1.82, 2.24) is 4.90 Å². The Kier molecular flexibility index (Phi) is 2.96. The molecule has 0 N–H and O–H groups in total. The standard InChI is InChI=1S/C14H14BrFN2O/c1-18-8-7-14(13(18)19)6-5-11(17-14)9-3-2-4-10(15)12(9)16/h2-4H,5-8H2,1H3. The molecule has 0 bridgehead atoms. The van der Waals surface area contributed by atoms with E-state index in [1.54, 1.807) is 30.1 Å². The van der Waals surface area contributed by atoms with Crippen molar-refractivity contribution in [1.29, 1.82) is 0 Å². The SMILES string of the molecule is CN1CCC2(CCC(c3cccc(Br)c3F)=N2)C1=O. The lowest BCUT2D eigenvalue weighted by Gasteiger charge is -2.17. The zero-order valence-electron chi connectivity index (χ0n) is 10.6. The lowest BCUT2D eigenvalue weighted by atomic mass is 9.95. The van der Waals surface area contributed by atoms with E-state index in [1.807, 2.05) is 0 Å². The van der Waals surface area contributed by atoms with E-state index in [-0.39, 0.29) is 11.7 Å². The average Bonchev–Trinajstić information content (AvgIpc) is 2.94. The molecule has 0 aliphatic carbocycles. The zero-order valence-corrected chi connectivity index (χ0v) is 12.2. The number of likely N-dealkylation sites (tertiary alicyclic amines) is 1. The summed E-state index contributed by atoms with van der Waals surface area (Å²) in [5, 5.41) is 0. The number of amides is 1. The van der Waals surface area contributed by atoms with Gasteiger partial charge in [0.2, 0.25) is 5.91 Å². The van der Waals surface area contributed by atoms with Crippen LogP contribution in [0.3, 0.4) is 0 Å². The second-order valence-corrected chi connectivity index (χ2v) is 6.02. The molecule has 5 heteroatoms. The van der Waals surface area contributed by atoms with Crippen LogP contribution in [0.2, 0.25) is 0 Å². The van der Waals surface area contributed by atoms with Crippen LogP contribution in [0, 0.1) is 5.82 Å². The summed E-state index contributed by atoms with van der Waals surface area (Å²) in [5.74, 6) is -0.227. The fourth-order valence-electron chi connectivity index (χ4n) is 2.87. The molecule has 1 unspecified atom stereocenters. The molecule has 2 heterocycles. The van der Waals surface area contributed by atoms with Gasteiger partial charge >= 0.3 is 0 Å². The van der Waals surface area contributed by atoms with Crippen molar-refractivity contribution in [2.75, 3.05) is 13.6 Å². The molecule has 1 spiro atoms. The maximum atomic E-state index is 14.1. The van der Waals surface area contributed by atoms with E-state index in [2.05, 4.69) is 20.9 Å². The molecule has 1 atom stereocenters. The fraction of sp³-hybridized carbons (Fsp3) is 0.429. The first-order valence-corrected chi connectivity index (χ1v) is 7.11. The Morgan fingerprint density at radius 3 is 2.89 bits per heavy atom. The van der Waals surface area contributed by atoms with Crippen LogP contribution in [0.1, 0.15) is 24.8 Å². The molecule has 2 aliphatic heterocycles. The van der Waals surface area contributed by atoms with Crippen LogP contribution in [0.25, 0.3) is 0 Å². The van der Waals surface area contributed by atoms with E-state index in [4.69, 9.17) is 0 Å². The van der Waals surface area contributed by atoms with Crippen molar-refractivity contribution in [3.05, 3.63) is 34.1 Å². The highest BCUT2D eigenvalue weighted by Gasteiger charge is 2.48. The highest BCUT2D eigenvalue weighted by Crippen LogP contribution is 2.37. The third-order valence-corrected chi connectivity index (χ3v) is 4.60. The minimum absolute atomic E-state index is 0.0675. The smallest absolute Gasteiger partial charge is 0.250 e. The van der Waals surface area contributed by atoms with E-state index < -0.39 is 5.54 Å². The summed E-state index contributed by atoms with van der Waals surface area (Å²) in [6.07, 6.45) is 2.09. The third kappa shape index (κ3) is 1.91. The predicted molar refractivity (Wildman–Crippen MR) is 74.9 cm³/mol. The second kappa shape index (κ2) is 4.40. The van der Waals surface area contributed by atoms with Crippen molar-refractivity contribution in [2.45, 2.75) is 24.8 Å². The molecule has 3 nitrogen and oxygen atoms in total. The van der Waals surface area contributed by atoms with Gasteiger partial charge in [-0.15, -0.1) is 0 Å². The topological polar surface area (TPSA) is 32.7 Å². The van der Waals surface area contributed by atoms with Crippen LogP contribution in [-0.2, 0) is 4.79 Å². The van der Waals surface area contributed by atoms with Crippen LogP contribution in [0.15, 0.2) is 27.7 Å². The molecule has 1 fully saturated rings. The highest BCUT2D eigenvalue weighted by atomic mass is 79.9. The molecular weight excluding hydrogens is 311 g/mol. The summed E-state index contributed by atoms with van der Waals surface area (Å²) in [6, 6.07) is 5.18. The minimum atomic E-state index is -0.626. The van der Waals surface area contributed by atoms with Crippen molar-refractivity contribution in [3.63, 3.8) is 0 Å². The lowest BCUT2D eigenvalue weighted by Crippen LogP contribution is -2.35. The predicted octanol–water partition coefficient (Wildman–Crippen LogP) is 2.77. The van der Waals surface area contributed by atoms with Crippen molar-refractivity contribution < 1.29 is 9.18 Å². The number of carbonyl (C=O) groups is 1. The van der Waals surface area contributed by atoms with E-state index >= 15 is 0 Å². The van der Waals surface area contributed by atoms with Gasteiger partial charge in [0.1, 0.15) is 11.4 Å². The van der Waals surface area contributed by atoms with Crippen LogP contribution < -0.4 is 0 Å². The number of aliphatic imine (C=N–C) groups is 1. The lowest BCUT2D eigenvalue weighted by molar-refractivity contribution is -0.130. The number of halogens is 2. The number of benzene rings is 1. The number of nitrogens with zero attached hydrogens (tertiary/aromatic N) is 2. The highest BCUT2D eigenvalue weighted by molar-refractivity contribution is 9.10. The van der Waals surface area contributed by atoms with Crippen molar-refractivity contribution >= 4 is 27.5 Å². The van der Waals surface area contributed by atoms with Crippen LogP contribution in [0.5, 0.6) is 0 Å². The second-order valence-electron chi connectivity index (χ2n) is 5.17. The Balaban J connectivity index is 2.00. The Morgan fingerprint density at radius 2 is 2.21 bits per heavy atom. The van der Waals surface area contributed by atoms with Gasteiger partial charge in [0.15, 0.2) is 0 Å². The largest absolute Gasteiger partial charge is 0.344 e. The van der Waals surface area contributed by atoms with Gasteiger partial charge in [0, 0.05) is 24.9 Å². The van der Waals surface area contributed by atoms with Crippen LogP contribution in [0.4, 0.5) is 4.39 Å². The normalized spacial score (nSPS) is 26.4. The molecule has 1 saturated heterocycles. The summed E-state index contributed by atoms with van der Waals surface area (Å²) in [6.45, 7) is 0.733. The molecule has 3 rings (SSSR count). The summed E-state index contributed by atoms with van der Waals surface area (Å²) < 4.78 is 14.5. The summed E-state index contributed by atoms with van der Waals surface area (Å²) in [5.41, 5.74) is 0.592. The van der Waals surface area contributed by atoms with E-state index in [0.717, 1.165) is 13.0 Å². The molecule has 100 valence electrons. The van der Waals surface area contributed by atoms with Gasteiger partial charge in [0.25, 0.3) is 0 Å². The number of rotatable bonds is 1. The molecule has 1 amide bonds. The molecule has 0 aromatic heterocycles. The fourth-order valence-corrected chi connectivity index (χ4v) is 3.24. The van der Waals surface area contributed by atoms with Gasteiger partial charge in [0.05, 0.1) is 4.47 Å². The maximum absolute atomic E-state index is 14.1.